The van der Waals surface area contributed by atoms with Crippen LogP contribution in [0.4, 0.5) is 33.7 Å². The summed E-state index contributed by atoms with van der Waals surface area (Å²) in [4.78, 5) is 13.1. The number of ether oxygens (including phenoxy) is 2. The van der Waals surface area contributed by atoms with Gasteiger partial charge in [0.15, 0.2) is 6.61 Å². The van der Waals surface area contributed by atoms with E-state index < -0.39 is 24.7 Å². The topological polar surface area (TPSA) is 50.8 Å². The third kappa shape index (κ3) is 5.26. The summed E-state index contributed by atoms with van der Waals surface area (Å²) in [5.74, 6) is -0.593. The molecule has 0 saturated carbocycles. The van der Waals surface area contributed by atoms with Gasteiger partial charge < -0.3 is 14.4 Å². The zero-order valence-electron chi connectivity index (χ0n) is 13.2. The number of morpholine rings is 1. The van der Waals surface area contributed by atoms with E-state index in [0.29, 0.717) is 18.8 Å². The maximum Gasteiger partial charge on any atom is 0.422 e. The molecule has 5 nitrogen and oxygen atoms in total. The molecule has 1 saturated heterocycles. The second kappa shape index (κ2) is 7.25. The Morgan fingerprint density at radius 2 is 1.96 bits per heavy atom. The molecule has 0 unspecified atom stereocenters. The van der Waals surface area contributed by atoms with Gasteiger partial charge in [-0.3, -0.25) is 5.32 Å². The predicted molar refractivity (Wildman–Crippen MR) is 79.6 cm³/mol. The largest absolute Gasteiger partial charge is 0.440 e. The van der Waals surface area contributed by atoms with Crippen LogP contribution in [0.5, 0.6) is 0 Å². The Labute approximate surface area is 136 Å². The van der Waals surface area contributed by atoms with Gasteiger partial charge in [-0.05, 0) is 32.0 Å². The predicted octanol–water partition coefficient (Wildman–Crippen LogP) is 3.55. The van der Waals surface area contributed by atoms with Gasteiger partial charge in [-0.15, -0.1) is 0 Å². The van der Waals surface area contributed by atoms with E-state index in [2.05, 4.69) is 10.1 Å². The molecule has 24 heavy (non-hydrogen) atoms. The third-order valence-electron chi connectivity index (χ3n) is 3.32. The van der Waals surface area contributed by atoms with E-state index in [1.54, 1.807) is 0 Å². The number of rotatable bonds is 3. The molecule has 134 valence electrons. The zero-order valence-corrected chi connectivity index (χ0v) is 13.2. The van der Waals surface area contributed by atoms with Gasteiger partial charge in [0, 0.05) is 18.8 Å². The molecule has 2 atom stereocenters. The number of nitrogens with one attached hydrogen (secondary N) is 1. The highest BCUT2D eigenvalue weighted by atomic mass is 19.4. The average molecular weight is 350 g/mol. The molecular formula is C15H18F4N2O3. The number of benzene rings is 1. The first-order valence-electron chi connectivity index (χ1n) is 7.34. The quantitative estimate of drug-likeness (QED) is 0.847. The van der Waals surface area contributed by atoms with Crippen molar-refractivity contribution in [1.82, 2.24) is 0 Å². The Morgan fingerprint density at radius 1 is 1.33 bits per heavy atom. The second-order valence-corrected chi connectivity index (χ2v) is 5.64. The summed E-state index contributed by atoms with van der Waals surface area (Å²) in [7, 11) is 0. The van der Waals surface area contributed by atoms with Crippen LogP contribution in [0.2, 0.25) is 0 Å². The molecule has 0 bridgehead atoms. The van der Waals surface area contributed by atoms with Gasteiger partial charge in [-0.1, -0.05) is 0 Å². The first kappa shape index (κ1) is 18.3. The molecule has 1 N–H and O–H groups in total. The van der Waals surface area contributed by atoms with E-state index in [1.807, 2.05) is 18.7 Å². The van der Waals surface area contributed by atoms with Crippen LogP contribution in [0.3, 0.4) is 0 Å². The Bertz CT molecular complexity index is 585. The van der Waals surface area contributed by atoms with E-state index >= 15 is 0 Å². The van der Waals surface area contributed by atoms with Crippen molar-refractivity contribution >= 4 is 17.5 Å². The first-order chi connectivity index (χ1) is 11.1. The molecule has 1 aromatic carbocycles. The van der Waals surface area contributed by atoms with Crippen molar-refractivity contribution < 1.29 is 31.8 Å². The molecule has 2 rings (SSSR count). The average Bonchev–Trinajstić information content (AvgIpc) is 2.43. The number of halogens is 4. The zero-order chi connectivity index (χ0) is 17.9. The first-order valence-corrected chi connectivity index (χ1v) is 7.34. The number of carbonyl (C=O) groups excluding carboxylic acids is 1. The van der Waals surface area contributed by atoms with Crippen LogP contribution in [0.1, 0.15) is 13.8 Å². The third-order valence-corrected chi connectivity index (χ3v) is 3.32. The van der Waals surface area contributed by atoms with Crippen LogP contribution >= 0.6 is 0 Å². The lowest BCUT2D eigenvalue weighted by molar-refractivity contribution is -0.159. The normalized spacial score (nSPS) is 21.5. The molecule has 1 heterocycles. The fourth-order valence-electron chi connectivity index (χ4n) is 2.52. The minimum absolute atomic E-state index is 0.0118. The van der Waals surface area contributed by atoms with Crippen LogP contribution in [0.15, 0.2) is 18.2 Å². The van der Waals surface area contributed by atoms with Crippen molar-refractivity contribution in [3.63, 3.8) is 0 Å². The molecular weight excluding hydrogens is 332 g/mol. The van der Waals surface area contributed by atoms with Crippen molar-refractivity contribution in [2.45, 2.75) is 32.2 Å². The van der Waals surface area contributed by atoms with Gasteiger partial charge in [-0.2, -0.15) is 13.2 Å². The summed E-state index contributed by atoms with van der Waals surface area (Å²) in [6.07, 6.45) is -6.02. The van der Waals surface area contributed by atoms with Gasteiger partial charge in [0.05, 0.1) is 17.9 Å². The lowest BCUT2D eigenvalue weighted by atomic mass is 10.2. The smallest absolute Gasteiger partial charge is 0.422 e. The summed E-state index contributed by atoms with van der Waals surface area (Å²) in [5, 5.41) is 2.06. The fourth-order valence-corrected chi connectivity index (χ4v) is 2.52. The summed E-state index contributed by atoms with van der Waals surface area (Å²) in [5.41, 5.74) is 0.351. The lowest BCUT2D eigenvalue weighted by Crippen LogP contribution is -2.45. The number of alkyl halides is 3. The summed E-state index contributed by atoms with van der Waals surface area (Å²) >= 11 is 0. The number of hydrogen-bond donors (Lipinski definition) is 1. The van der Waals surface area contributed by atoms with Gasteiger partial charge >= 0.3 is 12.3 Å². The number of carbonyl (C=O) groups is 1. The Hall–Kier alpha value is -2.03. The Kier molecular flexibility index (Phi) is 5.53. The Balaban J connectivity index is 2.00. The fraction of sp³-hybridized carbons (Fsp3) is 0.533. The number of anilines is 2. The van der Waals surface area contributed by atoms with E-state index in [-0.39, 0.29) is 17.9 Å². The van der Waals surface area contributed by atoms with Crippen molar-refractivity contribution in [1.29, 1.82) is 0 Å². The maximum absolute atomic E-state index is 14.3. The SMILES string of the molecule is C[C@@H]1CN(c2ccc(NC(=O)OCC(F)(F)F)cc2F)C[C@@H](C)O1. The van der Waals surface area contributed by atoms with E-state index in [4.69, 9.17) is 4.74 Å². The van der Waals surface area contributed by atoms with E-state index in [1.165, 1.54) is 12.1 Å². The van der Waals surface area contributed by atoms with Crippen LogP contribution in [-0.2, 0) is 9.47 Å². The van der Waals surface area contributed by atoms with Crippen molar-refractivity contribution in [3.05, 3.63) is 24.0 Å². The second-order valence-electron chi connectivity index (χ2n) is 5.64. The van der Waals surface area contributed by atoms with Crippen LogP contribution in [0.25, 0.3) is 0 Å². The van der Waals surface area contributed by atoms with Crippen LogP contribution < -0.4 is 10.2 Å². The van der Waals surface area contributed by atoms with E-state index in [9.17, 15) is 22.4 Å². The monoisotopic (exact) mass is 350 g/mol. The number of nitrogens with zero attached hydrogens (tertiary/aromatic N) is 1. The standard InChI is InChI=1S/C15H18F4N2O3/c1-9-6-21(7-10(2)24-9)13-4-3-11(5-12(13)16)20-14(22)23-8-15(17,18)19/h3-5,9-10H,6-8H2,1-2H3,(H,20,22)/t9-,10-/m1/s1. The van der Waals surface area contributed by atoms with Crippen molar-refractivity contribution in [2.75, 3.05) is 29.9 Å². The summed E-state index contributed by atoms with van der Waals surface area (Å²) in [6, 6.07) is 3.90. The molecule has 0 radical (unpaired) electrons. The molecule has 0 aliphatic carbocycles. The summed E-state index contributed by atoms with van der Waals surface area (Å²) in [6.45, 7) is 3.09. The van der Waals surface area contributed by atoms with Gasteiger partial charge in [0.1, 0.15) is 5.82 Å². The van der Waals surface area contributed by atoms with Gasteiger partial charge in [0.25, 0.3) is 0 Å². The maximum atomic E-state index is 14.3. The minimum atomic E-state index is -4.61. The highest BCUT2D eigenvalue weighted by Gasteiger charge is 2.29. The Morgan fingerprint density at radius 3 is 2.50 bits per heavy atom. The molecule has 1 fully saturated rings. The van der Waals surface area contributed by atoms with Gasteiger partial charge in [0.2, 0.25) is 0 Å². The molecule has 9 heteroatoms. The molecule has 1 aliphatic rings. The van der Waals surface area contributed by atoms with Crippen LogP contribution in [0, 0.1) is 5.82 Å². The molecule has 1 aliphatic heterocycles. The number of amides is 1. The lowest BCUT2D eigenvalue weighted by Gasteiger charge is -2.37. The molecule has 1 amide bonds. The van der Waals surface area contributed by atoms with E-state index in [0.717, 1.165) is 6.07 Å². The molecule has 0 spiro atoms. The highest BCUT2D eigenvalue weighted by molar-refractivity contribution is 5.85. The summed E-state index contributed by atoms with van der Waals surface area (Å²) < 4.78 is 59.7. The van der Waals surface area contributed by atoms with Gasteiger partial charge in [-0.25, -0.2) is 9.18 Å². The molecule has 0 aromatic heterocycles. The van der Waals surface area contributed by atoms with Crippen molar-refractivity contribution in [2.24, 2.45) is 0 Å². The minimum Gasteiger partial charge on any atom is -0.440 e. The van der Waals surface area contributed by atoms with Crippen molar-refractivity contribution in [3.8, 4) is 0 Å². The molecule has 1 aromatic rings. The van der Waals surface area contributed by atoms with Crippen LogP contribution in [-0.4, -0.2) is 44.2 Å². The number of hydrogen-bond acceptors (Lipinski definition) is 4. The highest BCUT2D eigenvalue weighted by Crippen LogP contribution is 2.26.